The lowest BCUT2D eigenvalue weighted by Gasteiger charge is -2.07. The number of rotatable bonds is 12. The molecular formula is C18H31NO. The summed E-state index contributed by atoms with van der Waals surface area (Å²) in [5.74, 6) is 0.997. The monoisotopic (exact) mass is 277 g/mol. The lowest BCUT2D eigenvalue weighted by Crippen LogP contribution is -2.11. The number of unbranched alkanes of at least 4 members (excludes halogenated alkanes) is 6. The summed E-state index contributed by atoms with van der Waals surface area (Å²) in [7, 11) is 0. The van der Waals surface area contributed by atoms with Gasteiger partial charge in [0.05, 0.1) is 6.61 Å². The fourth-order valence-electron chi connectivity index (χ4n) is 2.22. The molecule has 0 saturated heterocycles. The van der Waals surface area contributed by atoms with E-state index in [1.165, 1.54) is 50.5 Å². The molecule has 0 unspecified atom stereocenters. The largest absolute Gasteiger partial charge is 0.494 e. The van der Waals surface area contributed by atoms with Crippen LogP contribution in [0.2, 0.25) is 0 Å². The Morgan fingerprint density at radius 1 is 0.850 bits per heavy atom. The quantitative estimate of drug-likeness (QED) is 0.547. The number of ether oxygens (including phenoxy) is 1. The van der Waals surface area contributed by atoms with Gasteiger partial charge in [-0.3, -0.25) is 0 Å². The molecule has 20 heavy (non-hydrogen) atoms. The molecule has 0 aliphatic rings. The van der Waals surface area contributed by atoms with Crippen LogP contribution in [-0.2, 0) is 6.54 Å². The van der Waals surface area contributed by atoms with E-state index in [1.807, 2.05) is 0 Å². The Morgan fingerprint density at radius 3 is 2.15 bits per heavy atom. The lowest BCUT2D eigenvalue weighted by molar-refractivity contribution is 0.304. The number of nitrogens with one attached hydrogen (secondary N) is 1. The predicted molar refractivity (Wildman–Crippen MR) is 87.3 cm³/mol. The molecule has 0 spiro atoms. The van der Waals surface area contributed by atoms with Crippen LogP contribution in [0.5, 0.6) is 5.75 Å². The van der Waals surface area contributed by atoms with Gasteiger partial charge in [-0.1, -0.05) is 64.5 Å². The average Bonchev–Trinajstić information content (AvgIpc) is 2.49. The Hall–Kier alpha value is -1.02. The third-order valence-electron chi connectivity index (χ3n) is 3.52. The molecule has 0 fully saturated rings. The smallest absolute Gasteiger partial charge is 0.119 e. The summed E-state index contributed by atoms with van der Waals surface area (Å²) in [6.07, 6.45) is 9.30. The van der Waals surface area contributed by atoms with E-state index < -0.39 is 0 Å². The van der Waals surface area contributed by atoms with E-state index in [2.05, 4.69) is 43.4 Å². The fraction of sp³-hybridized carbons (Fsp3) is 0.667. The van der Waals surface area contributed by atoms with Crippen molar-refractivity contribution in [2.45, 2.75) is 65.3 Å². The van der Waals surface area contributed by atoms with E-state index >= 15 is 0 Å². The standard InChI is InChI=1S/C18H31NO/c1-3-5-6-7-8-9-10-15-20-18-13-11-17(12-14-18)16-19-4-2/h11-14,19H,3-10,15-16H2,1-2H3. The third-order valence-corrected chi connectivity index (χ3v) is 3.52. The highest BCUT2D eigenvalue weighted by Gasteiger charge is 1.96. The first-order valence-corrected chi connectivity index (χ1v) is 8.29. The Balaban J connectivity index is 2.04. The molecular weight excluding hydrogens is 246 g/mol. The van der Waals surface area contributed by atoms with Crippen molar-refractivity contribution in [3.05, 3.63) is 29.8 Å². The van der Waals surface area contributed by atoms with E-state index in [1.54, 1.807) is 0 Å². The Bertz CT molecular complexity index is 321. The molecule has 0 bridgehead atoms. The van der Waals surface area contributed by atoms with E-state index in [0.29, 0.717) is 0 Å². The zero-order valence-corrected chi connectivity index (χ0v) is 13.3. The minimum Gasteiger partial charge on any atom is -0.494 e. The van der Waals surface area contributed by atoms with Crippen molar-refractivity contribution >= 4 is 0 Å². The molecule has 0 radical (unpaired) electrons. The molecule has 2 heteroatoms. The number of hydrogen-bond donors (Lipinski definition) is 1. The third kappa shape index (κ3) is 8.21. The van der Waals surface area contributed by atoms with Crippen molar-refractivity contribution in [1.29, 1.82) is 0 Å². The topological polar surface area (TPSA) is 21.3 Å². The number of benzene rings is 1. The summed E-state index contributed by atoms with van der Waals surface area (Å²) in [6, 6.07) is 8.44. The van der Waals surface area contributed by atoms with Crippen LogP contribution >= 0.6 is 0 Å². The molecule has 0 heterocycles. The molecule has 1 N–H and O–H groups in total. The molecule has 1 aromatic rings. The van der Waals surface area contributed by atoms with Crippen molar-refractivity contribution < 1.29 is 4.74 Å². The van der Waals surface area contributed by atoms with Gasteiger partial charge in [0.1, 0.15) is 5.75 Å². The minimum atomic E-state index is 0.848. The second-order valence-electron chi connectivity index (χ2n) is 5.39. The zero-order chi connectivity index (χ0) is 14.5. The maximum Gasteiger partial charge on any atom is 0.119 e. The van der Waals surface area contributed by atoms with Crippen LogP contribution in [0.3, 0.4) is 0 Å². The van der Waals surface area contributed by atoms with Crippen molar-refractivity contribution in [2.75, 3.05) is 13.2 Å². The van der Waals surface area contributed by atoms with Gasteiger partial charge in [0.15, 0.2) is 0 Å². The molecule has 0 aliphatic carbocycles. The van der Waals surface area contributed by atoms with Gasteiger partial charge in [0.2, 0.25) is 0 Å². The minimum absolute atomic E-state index is 0.848. The highest BCUT2D eigenvalue weighted by atomic mass is 16.5. The van der Waals surface area contributed by atoms with Gasteiger partial charge in [-0.2, -0.15) is 0 Å². The van der Waals surface area contributed by atoms with Crippen LogP contribution in [0.25, 0.3) is 0 Å². The summed E-state index contributed by atoms with van der Waals surface area (Å²) in [6.45, 7) is 7.18. The summed E-state index contributed by atoms with van der Waals surface area (Å²) < 4.78 is 5.77. The summed E-state index contributed by atoms with van der Waals surface area (Å²) in [5, 5.41) is 3.32. The Kier molecular flexibility index (Phi) is 10.0. The second-order valence-corrected chi connectivity index (χ2v) is 5.39. The van der Waals surface area contributed by atoms with Crippen molar-refractivity contribution in [2.24, 2.45) is 0 Å². The van der Waals surface area contributed by atoms with Crippen molar-refractivity contribution in [3.8, 4) is 5.75 Å². The Labute approximate surface area is 124 Å². The SMILES string of the molecule is CCCCCCCCCOc1ccc(CNCC)cc1. The maximum atomic E-state index is 5.77. The lowest BCUT2D eigenvalue weighted by atomic mass is 10.1. The average molecular weight is 277 g/mol. The fourth-order valence-corrected chi connectivity index (χ4v) is 2.22. The first kappa shape index (κ1) is 17.0. The van der Waals surface area contributed by atoms with E-state index in [-0.39, 0.29) is 0 Å². The zero-order valence-electron chi connectivity index (χ0n) is 13.3. The first-order valence-electron chi connectivity index (χ1n) is 8.29. The highest BCUT2D eigenvalue weighted by molar-refractivity contribution is 5.27. The molecule has 0 saturated carbocycles. The van der Waals surface area contributed by atoms with Gasteiger partial charge in [0.25, 0.3) is 0 Å². The molecule has 2 nitrogen and oxygen atoms in total. The summed E-state index contributed by atoms with van der Waals surface area (Å²) in [5.41, 5.74) is 1.31. The van der Waals surface area contributed by atoms with Crippen LogP contribution in [0.1, 0.15) is 64.4 Å². The normalized spacial score (nSPS) is 10.7. The second kappa shape index (κ2) is 11.8. The van der Waals surface area contributed by atoms with Crippen LogP contribution < -0.4 is 10.1 Å². The molecule has 114 valence electrons. The van der Waals surface area contributed by atoms with Crippen LogP contribution in [-0.4, -0.2) is 13.2 Å². The predicted octanol–water partition coefficient (Wildman–Crippen LogP) is 4.93. The molecule has 1 rings (SSSR count). The van der Waals surface area contributed by atoms with E-state index in [4.69, 9.17) is 4.74 Å². The van der Waals surface area contributed by atoms with Gasteiger partial charge in [-0.05, 0) is 30.7 Å². The van der Waals surface area contributed by atoms with Gasteiger partial charge in [0, 0.05) is 6.54 Å². The van der Waals surface area contributed by atoms with Crippen molar-refractivity contribution in [1.82, 2.24) is 5.32 Å². The Morgan fingerprint density at radius 2 is 1.50 bits per heavy atom. The molecule has 0 atom stereocenters. The number of hydrogen-bond acceptors (Lipinski definition) is 2. The highest BCUT2D eigenvalue weighted by Crippen LogP contribution is 2.13. The van der Waals surface area contributed by atoms with Crippen molar-refractivity contribution in [3.63, 3.8) is 0 Å². The van der Waals surface area contributed by atoms with Gasteiger partial charge in [-0.15, -0.1) is 0 Å². The maximum absolute atomic E-state index is 5.77. The van der Waals surface area contributed by atoms with Crippen LogP contribution in [0, 0.1) is 0 Å². The molecule has 0 aromatic heterocycles. The van der Waals surface area contributed by atoms with Crippen LogP contribution in [0.15, 0.2) is 24.3 Å². The molecule has 0 aliphatic heterocycles. The van der Waals surface area contributed by atoms with E-state index in [0.717, 1.165) is 25.4 Å². The van der Waals surface area contributed by atoms with Gasteiger partial charge in [-0.25, -0.2) is 0 Å². The summed E-state index contributed by atoms with van der Waals surface area (Å²) in [4.78, 5) is 0. The van der Waals surface area contributed by atoms with Gasteiger partial charge >= 0.3 is 0 Å². The molecule has 1 aromatic carbocycles. The summed E-state index contributed by atoms with van der Waals surface area (Å²) >= 11 is 0. The van der Waals surface area contributed by atoms with E-state index in [9.17, 15) is 0 Å². The molecule has 0 amide bonds. The first-order chi connectivity index (χ1) is 9.86. The van der Waals surface area contributed by atoms with Gasteiger partial charge < -0.3 is 10.1 Å². The van der Waals surface area contributed by atoms with Crippen LogP contribution in [0.4, 0.5) is 0 Å².